The summed E-state index contributed by atoms with van der Waals surface area (Å²) >= 11 is 0. The summed E-state index contributed by atoms with van der Waals surface area (Å²) < 4.78 is 19.1. The van der Waals surface area contributed by atoms with Crippen LogP contribution in [0, 0.1) is 5.82 Å². The van der Waals surface area contributed by atoms with Crippen LogP contribution in [0.2, 0.25) is 0 Å². The molecule has 5 heteroatoms. The van der Waals surface area contributed by atoms with Gasteiger partial charge in [-0.3, -0.25) is 4.90 Å². The summed E-state index contributed by atoms with van der Waals surface area (Å²) in [5, 5.41) is 9.39. The van der Waals surface area contributed by atoms with Crippen molar-refractivity contribution in [3.05, 3.63) is 78.1 Å². The molecule has 0 spiro atoms. The van der Waals surface area contributed by atoms with E-state index in [1.165, 1.54) is 12.1 Å². The summed E-state index contributed by atoms with van der Waals surface area (Å²) in [6.45, 7) is 0.596. The first-order chi connectivity index (χ1) is 12.2. The molecule has 0 saturated carbocycles. The van der Waals surface area contributed by atoms with E-state index >= 15 is 0 Å². The number of aromatic nitrogens is 1. The van der Waals surface area contributed by atoms with Crippen LogP contribution in [0.25, 0.3) is 11.3 Å². The van der Waals surface area contributed by atoms with Crippen LogP contribution >= 0.6 is 0 Å². The first kappa shape index (κ1) is 17.3. The average Bonchev–Trinajstić information content (AvgIpc) is 3.09. The van der Waals surface area contributed by atoms with Gasteiger partial charge in [-0.25, -0.2) is 9.37 Å². The van der Waals surface area contributed by atoms with E-state index in [9.17, 15) is 9.50 Å². The van der Waals surface area contributed by atoms with Crippen molar-refractivity contribution in [2.75, 3.05) is 13.7 Å². The van der Waals surface area contributed by atoms with Gasteiger partial charge in [0.2, 0.25) is 5.89 Å². The lowest BCUT2D eigenvalue weighted by Crippen LogP contribution is -2.25. The highest BCUT2D eigenvalue weighted by Crippen LogP contribution is 2.26. The minimum atomic E-state index is -0.306. The largest absolute Gasteiger partial charge is 0.439 e. The second kappa shape index (κ2) is 8.05. The van der Waals surface area contributed by atoms with Crippen molar-refractivity contribution >= 4 is 0 Å². The third-order valence-electron chi connectivity index (χ3n) is 4.17. The fourth-order valence-corrected chi connectivity index (χ4v) is 2.92. The molecule has 2 aromatic carbocycles. The quantitative estimate of drug-likeness (QED) is 0.705. The van der Waals surface area contributed by atoms with Crippen molar-refractivity contribution in [2.45, 2.75) is 19.0 Å². The molecule has 0 amide bonds. The first-order valence-electron chi connectivity index (χ1n) is 8.24. The van der Waals surface area contributed by atoms with Crippen molar-refractivity contribution in [1.29, 1.82) is 0 Å². The summed E-state index contributed by atoms with van der Waals surface area (Å²) in [7, 11) is 1.97. The Hall–Kier alpha value is -2.50. The molecular formula is C20H21FN2O2. The molecule has 0 saturated heterocycles. The number of hydrogen-bond acceptors (Lipinski definition) is 4. The molecule has 130 valence electrons. The number of benzene rings is 2. The number of aliphatic hydroxyl groups is 1. The summed E-state index contributed by atoms with van der Waals surface area (Å²) in [5.41, 5.74) is 1.80. The molecular weight excluding hydrogens is 319 g/mol. The van der Waals surface area contributed by atoms with Crippen LogP contribution in [0.5, 0.6) is 0 Å². The van der Waals surface area contributed by atoms with E-state index in [1.54, 1.807) is 18.3 Å². The normalized spacial score (nSPS) is 12.5. The molecule has 0 aliphatic heterocycles. The summed E-state index contributed by atoms with van der Waals surface area (Å²) in [4.78, 5) is 6.40. The predicted molar refractivity (Wildman–Crippen MR) is 94.2 cm³/mol. The Labute approximate surface area is 146 Å². The minimum Gasteiger partial charge on any atom is -0.439 e. The lowest BCUT2D eigenvalue weighted by molar-refractivity contribution is 0.169. The topological polar surface area (TPSA) is 49.5 Å². The molecule has 3 rings (SSSR count). The summed E-state index contributed by atoms with van der Waals surface area (Å²) in [6, 6.07) is 16.4. The molecule has 1 atom stereocenters. The van der Waals surface area contributed by atoms with E-state index in [0.29, 0.717) is 30.2 Å². The van der Waals surface area contributed by atoms with E-state index in [1.807, 2.05) is 37.4 Å². The number of hydrogen-bond donors (Lipinski definition) is 1. The highest BCUT2D eigenvalue weighted by Gasteiger charge is 2.19. The van der Waals surface area contributed by atoms with Crippen molar-refractivity contribution in [3.8, 4) is 11.3 Å². The van der Waals surface area contributed by atoms with Crippen molar-refractivity contribution in [2.24, 2.45) is 0 Å². The van der Waals surface area contributed by atoms with Crippen molar-refractivity contribution in [1.82, 2.24) is 9.88 Å². The molecule has 1 heterocycles. The molecule has 1 N–H and O–H groups in total. The van der Waals surface area contributed by atoms with E-state index in [2.05, 4.69) is 9.88 Å². The smallest absolute Gasteiger partial charge is 0.209 e. The molecule has 0 aliphatic rings. The van der Waals surface area contributed by atoms with Crippen LogP contribution in [-0.4, -0.2) is 28.6 Å². The van der Waals surface area contributed by atoms with Gasteiger partial charge >= 0.3 is 0 Å². The van der Waals surface area contributed by atoms with E-state index in [-0.39, 0.29) is 18.5 Å². The molecule has 0 fully saturated rings. The summed E-state index contributed by atoms with van der Waals surface area (Å²) in [5.74, 6) is 0.793. The third kappa shape index (κ3) is 4.32. The van der Waals surface area contributed by atoms with E-state index < -0.39 is 0 Å². The molecule has 0 radical (unpaired) electrons. The SMILES string of the molecule is CN(Cc1ncc(-c2cccc(F)c2)o1)C(CCO)c1ccccc1. The van der Waals surface area contributed by atoms with Crippen molar-refractivity contribution < 1.29 is 13.9 Å². The lowest BCUT2D eigenvalue weighted by atomic mass is 10.0. The Morgan fingerprint density at radius 2 is 1.96 bits per heavy atom. The van der Waals surface area contributed by atoms with Crippen LogP contribution in [0.1, 0.15) is 23.9 Å². The molecule has 1 aromatic heterocycles. The van der Waals surface area contributed by atoms with E-state index in [4.69, 9.17) is 4.42 Å². The molecule has 4 nitrogen and oxygen atoms in total. The number of oxazole rings is 1. The predicted octanol–water partition coefficient (Wildman–Crippen LogP) is 4.04. The fraction of sp³-hybridized carbons (Fsp3) is 0.250. The maximum atomic E-state index is 13.4. The standard InChI is InChI=1S/C20H21FN2O2/c1-23(18(10-11-24)15-6-3-2-4-7-15)14-20-22-13-19(25-20)16-8-5-9-17(21)12-16/h2-9,12-13,18,24H,10-11,14H2,1H3. The first-order valence-corrected chi connectivity index (χ1v) is 8.24. The van der Waals surface area contributed by atoms with Gasteiger partial charge in [0, 0.05) is 18.2 Å². The highest BCUT2D eigenvalue weighted by atomic mass is 19.1. The van der Waals surface area contributed by atoms with Gasteiger partial charge < -0.3 is 9.52 Å². The molecule has 1 unspecified atom stereocenters. The van der Waals surface area contributed by atoms with Crippen LogP contribution in [0.15, 0.2) is 65.2 Å². The van der Waals surface area contributed by atoms with Gasteiger partial charge in [-0.1, -0.05) is 42.5 Å². The zero-order chi connectivity index (χ0) is 17.6. The lowest BCUT2D eigenvalue weighted by Gasteiger charge is -2.26. The zero-order valence-corrected chi connectivity index (χ0v) is 14.1. The van der Waals surface area contributed by atoms with Crippen LogP contribution in [0.3, 0.4) is 0 Å². The van der Waals surface area contributed by atoms with Crippen LogP contribution < -0.4 is 0 Å². The Balaban J connectivity index is 1.75. The molecule has 25 heavy (non-hydrogen) atoms. The molecule has 0 aliphatic carbocycles. The summed E-state index contributed by atoms with van der Waals surface area (Å²) in [6.07, 6.45) is 2.24. The highest BCUT2D eigenvalue weighted by molar-refractivity contribution is 5.56. The third-order valence-corrected chi connectivity index (χ3v) is 4.17. The maximum Gasteiger partial charge on any atom is 0.209 e. The van der Waals surface area contributed by atoms with Gasteiger partial charge in [-0.05, 0) is 31.2 Å². The van der Waals surface area contributed by atoms with Gasteiger partial charge in [0.25, 0.3) is 0 Å². The molecule has 0 bridgehead atoms. The second-order valence-electron chi connectivity index (χ2n) is 5.98. The Bertz CT molecular complexity index is 804. The fourth-order valence-electron chi connectivity index (χ4n) is 2.92. The number of aliphatic hydroxyl groups excluding tert-OH is 1. The number of halogens is 1. The molecule has 3 aromatic rings. The monoisotopic (exact) mass is 340 g/mol. The Kier molecular flexibility index (Phi) is 5.58. The Morgan fingerprint density at radius 3 is 2.68 bits per heavy atom. The average molecular weight is 340 g/mol. The van der Waals surface area contributed by atoms with Gasteiger partial charge in [0.05, 0.1) is 12.7 Å². The van der Waals surface area contributed by atoms with Crippen molar-refractivity contribution in [3.63, 3.8) is 0 Å². The van der Waals surface area contributed by atoms with Gasteiger partial charge in [-0.2, -0.15) is 0 Å². The minimum absolute atomic E-state index is 0.0655. The van der Waals surface area contributed by atoms with Gasteiger partial charge in [-0.15, -0.1) is 0 Å². The van der Waals surface area contributed by atoms with Gasteiger partial charge in [0.15, 0.2) is 5.76 Å². The maximum absolute atomic E-state index is 13.4. The van der Waals surface area contributed by atoms with Gasteiger partial charge in [0.1, 0.15) is 5.82 Å². The second-order valence-corrected chi connectivity index (χ2v) is 5.98. The van der Waals surface area contributed by atoms with Crippen LogP contribution in [-0.2, 0) is 6.54 Å². The zero-order valence-electron chi connectivity index (χ0n) is 14.1. The Morgan fingerprint density at radius 1 is 1.16 bits per heavy atom. The number of nitrogens with zero attached hydrogens (tertiary/aromatic N) is 2. The van der Waals surface area contributed by atoms with E-state index in [0.717, 1.165) is 5.56 Å². The number of rotatable bonds is 7. The van der Waals surface area contributed by atoms with Crippen LogP contribution in [0.4, 0.5) is 4.39 Å².